The second-order valence-electron chi connectivity index (χ2n) is 4.46. The summed E-state index contributed by atoms with van der Waals surface area (Å²) in [6.07, 6.45) is 2.26. The molecule has 0 bridgehead atoms. The van der Waals surface area contributed by atoms with Gasteiger partial charge in [0.2, 0.25) is 0 Å². The molecular weight excluding hydrogens is 221 g/mol. The molecule has 1 unspecified atom stereocenters. The van der Waals surface area contributed by atoms with E-state index in [1.54, 1.807) is 12.1 Å². The summed E-state index contributed by atoms with van der Waals surface area (Å²) < 4.78 is 13.6. The maximum atomic E-state index is 13.6. The van der Waals surface area contributed by atoms with Crippen molar-refractivity contribution in [3.05, 3.63) is 35.3 Å². The maximum Gasteiger partial charge on any atom is 0.311 e. The van der Waals surface area contributed by atoms with E-state index in [1.165, 1.54) is 6.07 Å². The van der Waals surface area contributed by atoms with Crippen LogP contribution in [0.5, 0.6) is 0 Å². The Morgan fingerprint density at radius 1 is 1.47 bits per heavy atom. The third-order valence-corrected chi connectivity index (χ3v) is 3.47. The average Bonchev–Trinajstić information content (AvgIpc) is 2.69. The van der Waals surface area contributed by atoms with E-state index in [9.17, 15) is 14.3 Å². The lowest BCUT2D eigenvalue weighted by atomic mass is 9.85. The molecule has 2 aromatic rings. The van der Waals surface area contributed by atoms with Gasteiger partial charge in [0.05, 0.1) is 11.4 Å². The number of H-pyrrole nitrogens is 1. The van der Waals surface area contributed by atoms with Gasteiger partial charge in [-0.1, -0.05) is 12.1 Å². The molecule has 2 N–H and O–H groups in total. The Balaban J connectivity index is 2.31. The van der Waals surface area contributed by atoms with Gasteiger partial charge in [-0.2, -0.15) is 0 Å². The van der Waals surface area contributed by atoms with Crippen molar-refractivity contribution in [2.45, 2.75) is 25.2 Å². The molecule has 1 aliphatic rings. The Hall–Kier alpha value is -1.84. The highest BCUT2D eigenvalue weighted by Gasteiger charge is 2.30. The van der Waals surface area contributed by atoms with E-state index in [-0.39, 0.29) is 5.82 Å². The second kappa shape index (κ2) is 3.58. The Morgan fingerprint density at radius 3 is 3.06 bits per heavy atom. The number of carboxylic acid groups (broad SMARTS) is 1. The topological polar surface area (TPSA) is 53.1 Å². The number of hydrogen-bond donors (Lipinski definition) is 2. The zero-order valence-electron chi connectivity index (χ0n) is 9.16. The van der Waals surface area contributed by atoms with Crippen molar-refractivity contribution in [2.24, 2.45) is 0 Å². The van der Waals surface area contributed by atoms with Gasteiger partial charge in [-0.3, -0.25) is 4.79 Å². The number of aromatic amines is 1. The first-order chi connectivity index (χ1) is 8.18. The van der Waals surface area contributed by atoms with Crippen molar-refractivity contribution < 1.29 is 14.3 Å². The van der Waals surface area contributed by atoms with E-state index >= 15 is 0 Å². The molecule has 1 aliphatic carbocycles. The monoisotopic (exact) mass is 233 g/mol. The molecule has 0 amide bonds. The zero-order valence-corrected chi connectivity index (χ0v) is 9.16. The van der Waals surface area contributed by atoms with Crippen LogP contribution in [-0.4, -0.2) is 16.1 Å². The van der Waals surface area contributed by atoms with Gasteiger partial charge in [-0.25, -0.2) is 4.39 Å². The summed E-state index contributed by atoms with van der Waals surface area (Å²) in [5.41, 5.74) is 2.09. The minimum absolute atomic E-state index is 0.318. The number of aromatic nitrogens is 1. The molecule has 0 aliphatic heterocycles. The first-order valence-electron chi connectivity index (χ1n) is 5.70. The summed E-state index contributed by atoms with van der Waals surface area (Å²) >= 11 is 0. The van der Waals surface area contributed by atoms with E-state index in [2.05, 4.69) is 4.98 Å². The molecule has 0 radical (unpaired) electrons. The summed E-state index contributed by atoms with van der Waals surface area (Å²) in [5.74, 6) is -1.65. The number of rotatable bonds is 1. The van der Waals surface area contributed by atoms with Crippen LogP contribution in [-0.2, 0) is 11.2 Å². The van der Waals surface area contributed by atoms with Gasteiger partial charge in [0.15, 0.2) is 0 Å². The number of nitrogens with one attached hydrogen (secondary N) is 1. The summed E-state index contributed by atoms with van der Waals surface area (Å²) in [5, 5.41) is 9.94. The first-order valence-corrected chi connectivity index (χ1v) is 5.70. The van der Waals surface area contributed by atoms with Crippen LogP contribution >= 0.6 is 0 Å². The Morgan fingerprint density at radius 2 is 2.29 bits per heavy atom. The number of carbonyl (C=O) groups is 1. The van der Waals surface area contributed by atoms with Crippen LogP contribution in [0.25, 0.3) is 10.9 Å². The van der Waals surface area contributed by atoms with Crippen LogP contribution in [0.1, 0.15) is 30.0 Å². The van der Waals surface area contributed by atoms with Crippen molar-refractivity contribution in [1.29, 1.82) is 0 Å². The zero-order chi connectivity index (χ0) is 12.0. The third kappa shape index (κ3) is 1.44. The molecule has 17 heavy (non-hydrogen) atoms. The maximum absolute atomic E-state index is 13.6. The fourth-order valence-electron chi connectivity index (χ4n) is 2.73. The molecule has 1 aromatic carbocycles. The SMILES string of the molecule is O=C(O)C1CCCc2[nH]c3c(F)cccc3c21. The van der Waals surface area contributed by atoms with Gasteiger partial charge >= 0.3 is 5.97 Å². The molecule has 0 spiro atoms. The molecule has 4 heteroatoms. The first kappa shape index (κ1) is 10.3. The number of para-hydroxylation sites is 1. The van der Waals surface area contributed by atoms with E-state index < -0.39 is 11.9 Å². The lowest BCUT2D eigenvalue weighted by Gasteiger charge is -2.19. The molecule has 88 valence electrons. The number of halogens is 1. The molecule has 1 atom stereocenters. The van der Waals surface area contributed by atoms with Crippen LogP contribution in [0.4, 0.5) is 4.39 Å². The number of aryl methyl sites for hydroxylation is 1. The molecule has 3 nitrogen and oxygen atoms in total. The van der Waals surface area contributed by atoms with Gasteiger partial charge in [0, 0.05) is 11.1 Å². The highest BCUT2D eigenvalue weighted by Crippen LogP contribution is 2.37. The van der Waals surface area contributed by atoms with Gasteiger partial charge < -0.3 is 10.1 Å². The summed E-state index contributed by atoms with van der Waals surface area (Å²) in [4.78, 5) is 14.3. The number of aliphatic carboxylic acids is 1. The molecule has 0 fully saturated rings. The third-order valence-electron chi connectivity index (χ3n) is 3.47. The smallest absolute Gasteiger partial charge is 0.311 e. The molecule has 0 saturated carbocycles. The van der Waals surface area contributed by atoms with Crippen molar-refractivity contribution in [3.8, 4) is 0 Å². The average molecular weight is 233 g/mol. The van der Waals surface area contributed by atoms with Crippen molar-refractivity contribution in [2.75, 3.05) is 0 Å². The van der Waals surface area contributed by atoms with Crippen molar-refractivity contribution in [1.82, 2.24) is 4.98 Å². The van der Waals surface area contributed by atoms with Crippen molar-refractivity contribution >= 4 is 16.9 Å². The van der Waals surface area contributed by atoms with Gasteiger partial charge in [0.25, 0.3) is 0 Å². The minimum atomic E-state index is -0.823. The minimum Gasteiger partial charge on any atom is -0.481 e. The fourth-order valence-corrected chi connectivity index (χ4v) is 2.73. The van der Waals surface area contributed by atoms with E-state index in [4.69, 9.17) is 0 Å². The highest BCUT2D eigenvalue weighted by atomic mass is 19.1. The van der Waals surface area contributed by atoms with E-state index in [0.717, 1.165) is 24.1 Å². The summed E-state index contributed by atoms with van der Waals surface area (Å²) in [6, 6.07) is 4.80. The summed E-state index contributed by atoms with van der Waals surface area (Å²) in [7, 11) is 0. The standard InChI is InChI=1S/C13H12FNO2/c14-9-5-1-3-7-11-8(13(16)17)4-2-6-10(11)15-12(7)9/h1,3,5,8,15H,2,4,6H2,(H,16,17). The fraction of sp³-hybridized carbons (Fsp3) is 0.308. The molecule has 3 rings (SSSR count). The van der Waals surface area contributed by atoms with E-state index in [0.29, 0.717) is 17.3 Å². The Bertz CT molecular complexity index is 603. The largest absolute Gasteiger partial charge is 0.481 e. The number of carboxylic acids is 1. The van der Waals surface area contributed by atoms with Crippen LogP contribution in [0.15, 0.2) is 18.2 Å². The van der Waals surface area contributed by atoms with Crippen LogP contribution in [0.2, 0.25) is 0 Å². The molecule has 0 saturated heterocycles. The number of hydrogen-bond acceptors (Lipinski definition) is 1. The van der Waals surface area contributed by atoms with Gasteiger partial charge in [-0.05, 0) is 30.9 Å². The quantitative estimate of drug-likeness (QED) is 0.795. The normalized spacial score (nSPS) is 19.2. The molecule has 1 aromatic heterocycles. The van der Waals surface area contributed by atoms with Gasteiger partial charge in [-0.15, -0.1) is 0 Å². The lowest BCUT2D eigenvalue weighted by Crippen LogP contribution is -2.17. The van der Waals surface area contributed by atoms with Gasteiger partial charge in [0.1, 0.15) is 5.82 Å². The molecular formula is C13H12FNO2. The predicted molar refractivity (Wildman–Crippen MR) is 61.6 cm³/mol. The number of benzene rings is 1. The van der Waals surface area contributed by atoms with Crippen LogP contribution < -0.4 is 0 Å². The van der Waals surface area contributed by atoms with Crippen molar-refractivity contribution in [3.63, 3.8) is 0 Å². The van der Waals surface area contributed by atoms with Crippen LogP contribution in [0, 0.1) is 5.82 Å². The summed E-state index contributed by atoms with van der Waals surface area (Å²) in [6.45, 7) is 0. The van der Waals surface area contributed by atoms with Crippen LogP contribution in [0.3, 0.4) is 0 Å². The molecule has 1 heterocycles. The van der Waals surface area contributed by atoms with E-state index in [1.807, 2.05) is 0 Å². The second-order valence-corrected chi connectivity index (χ2v) is 4.46. The predicted octanol–water partition coefficient (Wildman–Crippen LogP) is 2.81. The lowest BCUT2D eigenvalue weighted by molar-refractivity contribution is -0.139. The highest BCUT2D eigenvalue weighted by molar-refractivity contribution is 5.91. The number of fused-ring (bicyclic) bond motifs is 3. The Kier molecular flexibility index (Phi) is 2.18. The Labute approximate surface area is 97.3 Å².